The monoisotopic (exact) mass is 246 g/mol. The molecule has 1 aliphatic rings. The first-order valence-corrected chi connectivity index (χ1v) is 6.03. The fourth-order valence-electron chi connectivity index (χ4n) is 1.57. The van der Waals surface area contributed by atoms with Crippen LogP contribution in [0.2, 0.25) is 0 Å². The molecule has 1 aromatic rings. The molecule has 2 rings (SSSR count). The second kappa shape index (κ2) is 6.16. The van der Waals surface area contributed by atoms with Crippen molar-refractivity contribution in [3.05, 3.63) is 35.4 Å². The number of benzene rings is 1. The summed E-state index contributed by atoms with van der Waals surface area (Å²) in [6.07, 6.45) is 4.23. The van der Waals surface area contributed by atoms with Gasteiger partial charge in [-0.25, -0.2) is 0 Å². The van der Waals surface area contributed by atoms with E-state index in [-0.39, 0.29) is 5.96 Å². The lowest BCUT2D eigenvalue weighted by Crippen LogP contribution is -2.21. The molecular formula is C13H18N4O. The van der Waals surface area contributed by atoms with E-state index in [1.54, 1.807) is 6.21 Å². The first-order chi connectivity index (χ1) is 8.75. The fourth-order valence-corrected chi connectivity index (χ4v) is 1.57. The summed E-state index contributed by atoms with van der Waals surface area (Å²) in [7, 11) is 0. The molecular weight excluding hydrogens is 228 g/mol. The first-order valence-electron chi connectivity index (χ1n) is 6.03. The van der Waals surface area contributed by atoms with Crippen LogP contribution >= 0.6 is 0 Å². The average molecular weight is 246 g/mol. The van der Waals surface area contributed by atoms with Crippen LogP contribution in [0.15, 0.2) is 34.5 Å². The largest absolute Gasteiger partial charge is 0.376 e. The molecule has 0 aromatic heterocycles. The topological polar surface area (TPSA) is 86.0 Å². The molecule has 0 radical (unpaired) electrons. The molecule has 0 aliphatic heterocycles. The zero-order valence-electron chi connectivity index (χ0n) is 10.2. The Labute approximate surface area is 107 Å². The molecule has 5 heteroatoms. The maximum absolute atomic E-state index is 5.66. The summed E-state index contributed by atoms with van der Waals surface area (Å²) < 4.78 is 5.66. The van der Waals surface area contributed by atoms with E-state index in [1.807, 2.05) is 24.3 Å². The minimum absolute atomic E-state index is 0.0475. The van der Waals surface area contributed by atoms with Crippen LogP contribution < -0.4 is 11.5 Å². The summed E-state index contributed by atoms with van der Waals surface area (Å²) in [5.74, 6) is 0.723. The minimum atomic E-state index is -0.0475. The fraction of sp³-hybridized carbons (Fsp3) is 0.385. The quantitative estimate of drug-likeness (QED) is 0.449. The number of hydrogen-bond acceptors (Lipinski definition) is 3. The smallest absolute Gasteiger partial charge is 0.211 e. The molecule has 0 amide bonds. The zero-order valence-corrected chi connectivity index (χ0v) is 10.2. The molecule has 18 heavy (non-hydrogen) atoms. The molecule has 0 spiro atoms. The van der Waals surface area contributed by atoms with E-state index in [9.17, 15) is 0 Å². The van der Waals surface area contributed by atoms with E-state index in [1.165, 1.54) is 12.8 Å². The van der Waals surface area contributed by atoms with Crippen LogP contribution in [0.1, 0.15) is 24.0 Å². The van der Waals surface area contributed by atoms with Gasteiger partial charge in [-0.2, -0.15) is 5.10 Å². The van der Waals surface area contributed by atoms with Gasteiger partial charge in [0.2, 0.25) is 5.96 Å². The van der Waals surface area contributed by atoms with Crippen LogP contribution in [-0.4, -0.2) is 18.8 Å². The maximum atomic E-state index is 5.66. The van der Waals surface area contributed by atoms with Crippen molar-refractivity contribution in [2.75, 3.05) is 6.61 Å². The van der Waals surface area contributed by atoms with Crippen molar-refractivity contribution in [1.29, 1.82) is 0 Å². The molecule has 1 aromatic carbocycles. The van der Waals surface area contributed by atoms with Crippen molar-refractivity contribution in [2.24, 2.45) is 27.6 Å². The lowest BCUT2D eigenvalue weighted by atomic mass is 10.1. The highest BCUT2D eigenvalue weighted by atomic mass is 16.5. The third-order valence-electron chi connectivity index (χ3n) is 2.73. The Kier molecular flexibility index (Phi) is 4.30. The van der Waals surface area contributed by atoms with Gasteiger partial charge < -0.3 is 16.2 Å². The molecule has 0 saturated heterocycles. The second-order valence-electron chi connectivity index (χ2n) is 4.43. The lowest BCUT2D eigenvalue weighted by molar-refractivity contribution is 0.111. The van der Waals surface area contributed by atoms with Crippen molar-refractivity contribution in [2.45, 2.75) is 19.4 Å². The van der Waals surface area contributed by atoms with Crippen LogP contribution in [0.5, 0.6) is 0 Å². The van der Waals surface area contributed by atoms with Crippen LogP contribution in [0.4, 0.5) is 0 Å². The number of nitrogens with zero attached hydrogens (tertiary/aromatic N) is 2. The first kappa shape index (κ1) is 12.6. The standard InChI is InChI=1S/C13H18N4O/c14-13(15)17-16-7-11-3-1-2-4-12(11)9-18-8-10-5-6-10/h1-4,7,10H,5-6,8-9H2,(H4,14,15,17). The van der Waals surface area contributed by atoms with Crippen molar-refractivity contribution >= 4 is 12.2 Å². The van der Waals surface area contributed by atoms with E-state index in [0.717, 1.165) is 23.7 Å². The van der Waals surface area contributed by atoms with Gasteiger partial charge in [0.15, 0.2) is 0 Å². The summed E-state index contributed by atoms with van der Waals surface area (Å²) in [6, 6.07) is 7.90. The second-order valence-corrected chi connectivity index (χ2v) is 4.43. The highest BCUT2D eigenvalue weighted by Gasteiger charge is 2.21. The van der Waals surface area contributed by atoms with Crippen molar-refractivity contribution < 1.29 is 4.74 Å². The van der Waals surface area contributed by atoms with Crippen LogP contribution in [0.25, 0.3) is 0 Å². The highest BCUT2D eigenvalue weighted by Crippen LogP contribution is 2.29. The average Bonchev–Trinajstić information content (AvgIpc) is 3.15. The molecule has 1 fully saturated rings. The molecule has 5 nitrogen and oxygen atoms in total. The number of nitrogens with two attached hydrogens (primary N) is 2. The van der Waals surface area contributed by atoms with E-state index < -0.39 is 0 Å². The maximum Gasteiger partial charge on any atom is 0.211 e. The molecule has 1 saturated carbocycles. The summed E-state index contributed by atoms with van der Waals surface area (Å²) in [6.45, 7) is 1.44. The Morgan fingerprint density at radius 1 is 1.33 bits per heavy atom. The predicted octanol–water partition coefficient (Wildman–Crippen LogP) is 1.22. The molecule has 0 unspecified atom stereocenters. The Balaban J connectivity index is 1.95. The number of rotatable bonds is 6. The third-order valence-corrected chi connectivity index (χ3v) is 2.73. The van der Waals surface area contributed by atoms with Crippen molar-refractivity contribution in [3.8, 4) is 0 Å². The van der Waals surface area contributed by atoms with Gasteiger partial charge in [-0.3, -0.25) is 0 Å². The SMILES string of the molecule is NC(N)=NN=Cc1ccccc1COCC1CC1. The van der Waals surface area contributed by atoms with Gasteiger partial charge in [0.25, 0.3) is 0 Å². The Morgan fingerprint density at radius 3 is 2.83 bits per heavy atom. The summed E-state index contributed by atoms with van der Waals surface area (Å²) in [5.41, 5.74) is 12.5. The number of ether oxygens (including phenoxy) is 1. The predicted molar refractivity (Wildman–Crippen MR) is 72.2 cm³/mol. The normalized spacial score (nSPS) is 14.9. The van der Waals surface area contributed by atoms with Gasteiger partial charge in [-0.05, 0) is 24.3 Å². The minimum Gasteiger partial charge on any atom is -0.376 e. The van der Waals surface area contributed by atoms with Gasteiger partial charge in [0.1, 0.15) is 0 Å². The third kappa shape index (κ3) is 4.18. The zero-order chi connectivity index (χ0) is 12.8. The summed E-state index contributed by atoms with van der Waals surface area (Å²) in [4.78, 5) is 0. The summed E-state index contributed by atoms with van der Waals surface area (Å²) >= 11 is 0. The molecule has 4 N–H and O–H groups in total. The van der Waals surface area contributed by atoms with Gasteiger partial charge in [-0.1, -0.05) is 24.3 Å². The molecule has 0 atom stereocenters. The van der Waals surface area contributed by atoms with Gasteiger partial charge in [-0.15, -0.1) is 5.10 Å². The van der Waals surface area contributed by atoms with Crippen LogP contribution in [0, 0.1) is 5.92 Å². The van der Waals surface area contributed by atoms with Crippen LogP contribution in [-0.2, 0) is 11.3 Å². The summed E-state index contributed by atoms with van der Waals surface area (Å²) in [5, 5.41) is 7.40. The van der Waals surface area contributed by atoms with E-state index in [4.69, 9.17) is 16.2 Å². The van der Waals surface area contributed by atoms with Gasteiger partial charge >= 0.3 is 0 Å². The number of guanidine groups is 1. The Hall–Kier alpha value is -1.88. The molecule has 1 aliphatic carbocycles. The van der Waals surface area contributed by atoms with Gasteiger partial charge in [0, 0.05) is 12.2 Å². The molecule has 0 bridgehead atoms. The van der Waals surface area contributed by atoms with Crippen molar-refractivity contribution in [3.63, 3.8) is 0 Å². The van der Waals surface area contributed by atoms with E-state index in [2.05, 4.69) is 10.2 Å². The van der Waals surface area contributed by atoms with Crippen LogP contribution in [0.3, 0.4) is 0 Å². The lowest BCUT2D eigenvalue weighted by Gasteiger charge is -2.06. The number of hydrogen-bond donors (Lipinski definition) is 2. The Morgan fingerprint density at radius 2 is 2.11 bits per heavy atom. The van der Waals surface area contributed by atoms with Crippen molar-refractivity contribution in [1.82, 2.24) is 0 Å². The molecule has 0 heterocycles. The van der Waals surface area contributed by atoms with Gasteiger partial charge in [0.05, 0.1) is 12.8 Å². The van der Waals surface area contributed by atoms with E-state index >= 15 is 0 Å². The van der Waals surface area contributed by atoms with E-state index in [0.29, 0.717) is 6.61 Å². The highest BCUT2D eigenvalue weighted by molar-refractivity contribution is 5.83. The molecule has 96 valence electrons. The Bertz CT molecular complexity index is 448.